The maximum atomic E-state index is 13.1. The van der Waals surface area contributed by atoms with E-state index in [-0.39, 0.29) is 5.78 Å². The number of carbonyl (C=O) groups excluding carboxylic acids is 1. The molecule has 0 saturated carbocycles. The lowest BCUT2D eigenvalue weighted by Gasteiger charge is -2.30. The first-order valence-electron chi connectivity index (χ1n) is 9.49. The molecule has 1 fully saturated rings. The number of carbonyl (C=O) groups is 1. The Balaban J connectivity index is 1.65. The highest BCUT2D eigenvalue weighted by molar-refractivity contribution is 6.28. The van der Waals surface area contributed by atoms with Crippen LogP contribution < -0.4 is 4.90 Å². The topological polar surface area (TPSA) is 65.8 Å². The zero-order chi connectivity index (χ0) is 19.6. The molecule has 5 nitrogen and oxygen atoms in total. The first-order valence-corrected chi connectivity index (χ1v) is 9.49. The summed E-state index contributed by atoms with van der Waals surface area (Å²) < 4.78 is 0. The summed E-state index contributed by atoms with van der Waals surface area (Å²) in [5.74, 6) is 0.170. The van der Waals surface area contributed by atoms with Gasteiger partial charge in [-0.05, 0) is 68.3 Å². The van der Waals surface area contributed by atoms with E-state index in [0.29, 0.717) is 30.1 Å². The van der Waals surface area contributed by atoms with Crippen LogP contribution >= 0.6 is 0 Å². The predicted octanol–water partition coefficient (Wildman–Crippen LogP) is 4.03. The summed E-state index contributed by atoms with van der Waals surface area (Å²) in [7, 11) is 0. The van der Waals surface area contributed by atoms with Crippen LogP contribution in [0.3, 0.4) is 0 Å². The highest BCUT2D eigenvalue weighted by Gasteiger charge is 2.52. The van der Waals surface area contributed by atoms with E-state index in [9.17, 15) is 9.90 Å². The summed E-state index contributed by atoms with van der Waals surface area (Å²) >= 11 is 0. The largest absolute Gasteiger partial charge is 0.374 e. The summed E-state index contributed by atoms with van der Waals surface area (Å²) in [6, 6.07) is 13.8. The van der Waals surface area contributed by atoms with Gasteiger partial charge in [-0.15, -0.1) is 0 Å². The van der Waals surface area contributed by atoms with Crippen LogP contribution in [0.1, 0.15) is 33.6 Å². The SMILES string of the molecule is Cc1ccc2cc(N3CC[C@@]4(O)C(=O)c5cc(C)c(C)cc5N=C34)ccc2n1. The van der Waals surface area contributed by atoms with Gasteiger partial charge in [0.2, 0.25) is 5.78 Å². The predicted molar refractivity (Wildman–Crippen MR) is 111 cm³/mol. The van der Waals surface area contributed by atoms with Gasteiger partial charge in [-0.25, -0.2) is 4.99 Å². The normalized spacial score (nSPS) is 20.9. The van der Waals surface area contributed by atoms with Crippen LogP contribution in [-0.2, 0) is 0 Å². The molecule has 5 rings (SSSR count). The molecule has 5 heteroatoms. The van der Waals surface area contributed by atoms with Crippen LogP contribution in [0, 0.1) is 20.8 Å². The van der Waals surface area contributed by atoms with E-state index in [0.717, 1.165) is 33.4 Å². The second kappa shape index (κ2) is 5.72. The Kier molecular flexibility index (Phi) is 3.49. The Morgan fingerprint density at radius 2 is 1.82 bits per heavy atom. The zero-order valence-corrected chi connectivity index (χ0v) is 16.2. The van der Waals surface area contributed by atoms with Crippen LogP contribution in [0.5, 0.6) is 0 Å². The van der Waals surface area contributed by atoms with Crippen molar-refractivity contribution in [1.29, 1.82) is 0 Å². The van der Waals surface area contributed by atoms with Crippen molar-refractivity contribution in [2.45, 2.75) is 32.8 Å². The maximum Gasteiger partial charge on any atom is 0.204 e. The van der Waals surface area contributed by atoms with Crippen LogP contribution in [0.4, 0.5) is 11.4 Å². The molecule has 1 aromatic heterocycles. The average Bonchev–Trinajstić information content (AvgIpc) is 3.01. The molecule has 0 radical (unpaired) electrons. The van der Waals surface area contributed by atoms with Gasteiger partial charge in [0, 0.05) is 35.3 Å². The molecule has 0 spiro atoms. The third-order valence-electron chi connectivity index (χ3n) is 5.91. The molecular formula is C23H21N3O2. The van der Waals surface area contributed by atoms with Crippen molar-refractivity contribution in [3.8, 4) is 0 Å². The summed E-state index contributed by atoms with van der Waals surface area (Å²) in [5.41, 5.74) is 4.51. The highest BCUT2D eigenvalue weighted by atomic mass is 16.3. The summed E-state index contributed by atoms with van der Waals surface area (Å²) in [6.45, 7) is 6.49. The number of benzene rings is 2. The number of aryl methyl sites for hydroxylation is 3. The minimum atomic E-state index is -1.56. The monoisotopic (exact) mass is 371 g/mol. The van der Waals surface area contributed by atoms with Gasteiger partial charge in [-0.1, -0.05) is 6.07 Å². The smallest absolute Gasteiger partial charge is 0.204 e. The molecule has 2 aromatic carbocycles. The Labute approximate surface area is 163 Å². The number of rotatable bonds is 1. The highest BCUT2D eigenvalue weighted by Crippen LogP contribution is 2.40. The number of aromatic nitrogens is 1. The summed E-state index contributed by atoms with van der Waals surface area (Å²) in [6.07, 6.45) is 0.335. The van der Waals surface area contributed by atoms with Gasteiger partial charge in [0.25, 0.3) is 0 Å². The lowest BCUT2D eigenvalue weighted by Crippen LogP contribution is -2.48. The number of aliphatic imine (C=N–C) groups is 1. The third kappa shape index (κ3) is 2.33. The van der Waals surface area contributed by atoms with E-state index >= 15 is 0 Å². The third-order valence-corrected chi connectivity index (χ3v) is 5.91. The fourth-order valence-corrected chi connectivity index (χ4v) is 4.13. The van der Waals surface area contributed by atoms with Gasteiger partial charge in [-0.2, -0.15) is 0 Å². The van der Waals surface area contributed by atoms with E-state index in [2.05, 4.69) is 4.98 Å². The number of anilines is 1. The molecule has 2 aliphatic heterocycles. The van der Waals surface area contributed by atoms with E-state index in [1.165, 1.54) is 0 Å². The van der Waals surface area contributed by atoms with E-state index in [1.807, 2.05) is 68.1 Å². The van der Waals surface area contributed by atoms with Gasteiger partial charge in [0.1, 0.15) is 5.84 Å². The number of Topliss-reactive ketones (excluding diaryl/α,β-unsaturated/α-hetero) is 1. The molecule has 0 bridgehead atoms. The minimum absolute atomic E-state index is 0.254. The molecule has 0 amide bonds. The number of nitrogens with zero attached hydrogens (tertiary/aromatic N) is 3. The first kappa shape index (κ1) is 17.1. The molecule has 2 aliphatic rings. The number of hydrogen-bond donors (Lipinski definition) is 1. The number of amidine groups is 1. The van der Waals surface area contributed by atoms with Crippen LogP contribution in [-0.4, -0.2) is 33.9 Å². The molecule has 0 unspecified atom stereocenters. The minimum Gasteiger partial charge on any atom is -0.374 e. The number of hydrogen-bond acceptors (Lipinski definition) is 5. The second-order valence-electron chi connectivity index (χ2n) is 7.81. The second-order valence-corrected chi connectivity index (χ2v) is 7.81. The van der Waals surface area contributed by atoms with Crippen molar-refractivity contribution < 1.29 is 9.90 Å². The fraction of sp³-hybridized carbons (Fsp3) is 0.261. The van der Waals surface area contributed by atoms with Crippen LogP contribution in [0.2, 0.25) is 0 Å². The number of pyridine rings is 1. The Morgan fingerprint density at radius 1 is 1.04 bits per heavy atom. The fourth-order valence-electron chi connectivity index (χ4n) is 4.13. The number of ketones is 1. The van der Waals surface area contributed by atoms with Crippen molar-refractivity contribution in [3.63, 3.8) is 0 Å². The molecule has 1 saturated heterocycles. The van der Waals surface area contributed by atoms with Crippen molar-refractivity contribution in [3.05, 3.63) is 64.8 Å². The Hall–Kier alpha value is -3.05. The zero-order valence-electron chi connectivity index (χ0n) is 16.2. The molecule has 1 atom stereocenters. The summed E-state index contributed by atoms with van der Waals surface area (Å²) in [5, 5.41) is 12.3. The number of aliphatic hydroxyl groups is 1. The first-order chi connectivity index (χ1) is 13.4. The molecule has 140 valence electrons. The average molecular weight is 371 g/mol. The van der Waals surface area contributed by atoms with Crippen LogP contribution in [0.15, 0.2) is 47.5 Å². The lowest BCUT2D eigenvalue weighted by atomic mass is 9.86. The van der Waals surface area contributed by atoms with E-state index in [4.69, 9.17) is 4.99 Å². The van der Waals surface area contributed by atoms with E-state index < -0.39 is 5.60 Å². The van der Waals surface area contributed by atoms with Crippen molar-refractivity contribution in [2.24, 2.45) is 4.99 Å². The Morgan fingerprint density at radius 3 is 2.64 bits per heavy atom. The van der Waals surface area contributed by atoms with Gasteiger partial charge >= 0.3 is 0 Å². The molecule has 0 aliphatic carbocycles. The molecule has 3 heterocycles. The van der Waals surface area contributed by atoms with Crippen molar-refractivity contribution in [1.82, 2.24) is 4.98 Å². The molecule has 1 N–H and O–H groups in total. The van der Waals surface area contributed by atoms with Gasteiger partial charge in [0.05, 0.1) is 11.2 Å². The summed E-state index contributed by atoms with van der Waals surface area (Å²) in [4.78, 5) is 24.4. The molecule has 3 aromatic rings. The molecule has 28 heavy (non-hydrogen) atoms. The van der Waals surface area contributed by atoms with Crippen molar-refractivity contribution in [2.75, 3.05) is 11.4 Å². The number of fused-ring (bicyclic) bond motifs is 3. The van der Waals surface area contributed by atoms with E-state index in [1.54, 1.807) is 0 Å². The molecular weight excluding hydrogens is 350 g/mol. The maximum absolute atomic E-state index is 13.1. The van der Waals surface area contributed by atoms with Crippen molar-refractivity contribution >= 4 is 33.9 Å². The quantitative estimate of drug-likeness (QED) is 0.701. The Bertz CT molecular complexity index is 1200. The standard InChI is InChI=1S/C23H21N3O2/c1-13-10-18-20(11-14(13)2)25-22-23(28,21(18)27)8-9-26(22)17-6-7-19-16(12-17)5-4-15(3)24-19/h4-7,10-12,28H,8-9H2,1-3H3/t23-/m1/s1. The lowest BCUT2D eigenvalue weighted by molar-refractivity contribution is 0.0602. The van der Waals surface area contributed by atoms with Gasteiger partial charge in [-0.3, -0.25) is 9.78 Å². The van der Waals surface area contributed by atoms with Gasteiger partial charge in [0.15, 0.2) is 5.60 Å². The van der Waals surface area contributed by atoms with Gasteiger partial charge < -0.3 is 10.0 Å². The van der Waals surface area contributed by atoms with Crippen LogP contribution in [0.25, 0.3) is 10.9 Å².